The maximum atomic E-state index is 12.3. The predicted molar refractivity (Wildman–Crippen MR) is 91.2 cm³/mol. The summed E-state index contributed by atoms with van der Waals surface area (Å²) in [5.74, 6) is -0.482. The third kappa shape index (κ3) is 3.74. The van der Waals surface area contributed by atoms with Gasteiger partial charge in [0.25, 0.3) is 5.91 Å². The van der Waals surface area contributed by atoms with Crippen molar-refractivity contribution in [3.05, 3.63) is 77.8 Å². The summed E-state index contributed by atoms with van der Waals surface area (Å²) in [4.78, 5) is 27.5. The van der Waals surface area contributed by atoms with Gasteiger partial charge in [0.2, 0.25) is 5.89 Å². The number of nitrogens with one attached hydrogen (secondary N) is 1. The van der Waals surface area contributed by atoms with E-state index in [4.69, 9.17) is 9.52 Å². The van der Waals surface area contributed by atoms with Crippen molar-refractivity contribution in [1.29, 1.82) is 0 Å². The summed E-state index contributed by atoms with van der Waals surface area (Å²) >= 11 is 0. The summed E-state index contributed by atoms with van der Waals surface area (Å²) < 4.78 is 5.71. The molecule has 25 heavy (non-hydrogen) atoms. The van der Waals surface area contributed by atoms with E-state index < -0.39 is 17.9 Å². The molecule has 0 unspecified atom stereocenters. The van der Waals surface area contributed by atoms with Crippen LogP contribution in [0.15, 0.2) is 65.2 Å². The molecule has 126 valence electrons. The number of benzene rings is 2. The molecule has 0 saturated carbocycles. The molecule has 0 spiro atoms. The lowest BCUT2D eigenvalue weighted by atomic mass is 10.1. The maximum absolute atomic E-state index is 12.3. The van der Waals surface area contributed by atoms with Gasteiger partial charge >= 0.3 is 5.97 Å². The van der Waals surface area contributed by atoms with Gasteiger partial charge in [-0.3, -0.25) is 4.79 Å². The number of carbonyl (C=O) groups is 2. The zero-order chi connectivity index (χ0) is 17.8. The van der Waals surface area contributed by atoms with Crippen LogP contribution in [0.3, 0.4) is 0 Å². The third-order valence-electron chi connectivity index (χ3n) is 3.67. The molecule has 0 aliphatic rings. The molecule has 2 N–H and O–H groups in total. The monoisotopic (exact) mass is 336 g/mol. The van der Waals surface area contributed by atoms with Crippen LogP contribution >= 0.6 is 0 Å². The van der Waals surface area contributed by atoms with Gasteiger partial charge in [0, 0.05) is 11.1 Å². The molecule has 1 heterocycles. The van der Waals surface area contributed by atoms with Gasteiger partial charge in [0.05, 0.1) is 11.8 Å². The average Bonchev–Trinajstić information content (AvgIpc) is 3.13. The Bertz CT molecular complexity index is 903. The van der Waals surface area contributed by atoms with Crippen LogP contribution in [-0.4, -0.2) is 22.0 Å². The molecule has 1 atom stereocenters. The smallest absolute Gasteiger partial charge is 0.335 e. The van der Waals surface area contributed by atoms with Crippen LogP contribution in [0.4, 0.5) is 0 Å². The first-order chi connectivity index (χ1) is 12.0. The first-order valence-corrected chi connectivity index (χ1v) is 7.70. The Labute approximate surface area is 144 Å². The summed E-state index contributed by atoms with van der Waals surface area (Å²) in [5, 5.41) is 11.8. The fraction of sp³-hybridized carbons (Fsp3) is 0.105. The summed E-state index contributed by atoms with van der Waals surface area (Å²) in [7, 11) is 0. The van der Waals surface area contributed by atoms with E-state index in [9.17, 15) is 9.59 Å². The van der Waals surface area contributed by atoms with Crippen LogP contribution in [0.1, 0.15) is 39.6 Å². The van der Waals surface area contributed by atoms with Gasteiger partial charge < -0.3 is 14.8 Å². The van der Waals surface area contributed by atoms with Crippen LogP contribution in [0.2, 0.25) is 0 Å². The van der Waals surface area contributed by atoms with Gasteiger partial charge in [0.1, 0.15) is 6.04 Å². The maximum Gasteiger partial charge on any atom is 0.335 e. The molecule has 3 rings (SSSR count). The van der Waals surface area contributed by atoms with Gasteiger partial charge in [-0.05, 0) is 25.1 Å². The first kappa shape index (κ1) is 16.4. The van der Waals surface area contributed by atoms with Crippen molar-refractivity contribution in [3.8, 4) is 11.3 Å². The Morgan fingerprint density at radius 3 is 2.52 bits per heavy atom. The summed E-state index contributed by atoms with van der Waals surface area (Å²) in [5.41, 5.74) is 1.22. The number of amides is 1. The molecule has 3 aromatic rings. The predicted octanol–water partition coefficient (Wildman–Crippen LogP) is 3.53. The molecule has 0 fully saturated rings. The second-order valence-electron chi connectivity index (χ2n) is 5.51. The van der Waals surface area contributed by atoms with Crippen LogP contribution in [0.5, 0.6) is 0 Å². The molecule has 0 aliphatic carbocycles. The first-order valence-electron chi connectivity index (χ1n) is 7.70. The lowest BCUT2D eigenvalue weighted by Crippen LogP contribution is -2.27. The minimum atomic E-state index is -1.08. The largest absolute Gasteiger partial charge is 0.478 e. The van der Waals surface area contributed by atoms with E-state index >= 15 is 0 Å². The van der Waals surface area contributed by atoms with Crippen LogP contribution < -0.4 is 5.32 Å². The molecule has 2 aromatic carbocycles. The Morgan fingerprint density at radius 1 is 1.08 bits per heavy atom. The van der Waals surface area contributed by atoms with Crippen molar-refractivity contribution < 1.29 is 19.1 Å². The summed E-state index contributed by atoms with van der Waals surface area (Å²) in [6, 6.07) is 14.9. The molecule has 6 heteroatoms. The van der Waals surface area contributed by atoms with E-state index in [2.05, 4.69) is 10.3 Å². The number of hydrogen-bond donors (Lipinski definition) is 2. The van der Waals surface area contributed by atoms with Crippen molar-refractivity contribution in [2.75, 3.05) is 0 Å². The zero-order valence-corrected chi connectivity index (χ0v) is 13.5. The van der Waals surface area contributed by atoms with Crippen molar-refractivity contribution in [2.24, 2.45) is 0 Å². The number of hydrogen-bond acceptors (Lipinski definition) is 4. The molecule has 1 amide bonds. The number of aromatic nitrogens is 1. The van der Waals surface area contributed by atoms with E-state index in [1.54, 1.807) is 19.2 Å². The number of oxazole rings is 1. The lowest BCUT2D eigenvalue weighted by molar-refractivity contribution is 0.0697. The highest BCUT2D eigenvalue weighted by atomic mass is 16.4. The molecule has 0 saturated heterocycles. The van der Waals surface area contributed by atoms with E-state index in [0.717, 1.165) is 5.56 Å². The highest BCUT2D eigenvalue weighted by Gasteiger charge is 2.17. The molecular formula is C19H16N2O4. The lowest BCUT2D eigenvalue weighted by Gasteiger charge is -2.10. The van der Waals surface area contributed by atoms with Crippen molar-refractivity contribution in [1.82, 2.24) is 10.3 Å². The minimum Gasteiger partial charge on any atom is -0.478 e. The van der Waals surface area contributed by atoms with Crippen LogP contribution in [-0.2, 0) is 0 Å². The molecule has 0 radical (unpaired) electrons. The zero-order valence-electron chi connectivity index (χ0n) is 13.5. The molecule has 0 bridgehead atoms. The highest BCUT2D eigenvalue weighted by molar-refractivity contribution is 5.97. The van der Waals surface area contributed by atoms with Gasteiger partial charge in [-0.2, -0.15) is 0 Å². The van der Waals surface area contributed by atoms with Gasteiger partial charge in [0.15, 0.2) is 5.76 Å². The van der Waals surface area contributed by atoms with Crippen molar-refractivity contribution in [2.45, 2.75) is 13.0 Å². The Kier molecular flexibility index (Phi) is 4.61. The highest BCUT2D eigenvalue weighted by Crippen LogP contribution is 2.22. The Balaban J connectivity index is 1.73. The molecule has 1 aromatic heterocycles. The molecular weight excluding hydrogens is 320 g/mol. The van der Waals surface area contributed by atoms with E-state index in [1.165, 1.54) is 18.2 Å². The van der Waals surface area contributed by atoms with E-state index in [-0.39, 0.29) is 11.1 Å². The van der Waals surface area contributed by atoms with Crippen LogP contribution in [0, 0.1) is 0 Å². The fourth-order valence-electron chi connectivity index (χ4n) is 2.36. The Hall–Kier alpha value is -3.41. The van der Waals surface area contributed by atoms with Gasteiger partial charge in [-0.15, -0.1) is 0 Å². The minimum absolute atomic E-state index is 0.0581. The molecule has 6 nitrogen and oxygen atoms in total. The second kappa shape index (κ2) is 7.00. The number of aromatic carboxylic acids is 1. The number of rotatable bonds is 5. The number of carbonyl (C=O) groups excluding carboxylic acids is 1. The SMILES string of the molecule is C[C@H](NC(=O)c1cccc(C(=O)O)c1)c1ncc(-c2ccccc2)o1. The van der Waals surface area contributed by atoms with E-state index in [0.29, 0.717) is 11.7 Å². The van der Waals surface area contributed by atoms with Gasteiger partial charge in [-0.1, -0.05) is 36.4 Å². The van der Waals surface area contributed by atoms with E-state index in [1.807, 2.05) is 30.3 Å². The topological polar surface area (TPSA) is 92.4 Å². The number of carboxylic acid groups (broad SMARTS) is 1. The van der Waals surface area contributed by atoms with Crippen molar-refractivity contribution in [3.63, 3.8) is 0 Å². The Morgan fingerprint density at radius 2 is 1.80 bits per heavy atom. The summed E-state index contributed by atoms with van der Waals surface area (Å²) in [6.45, 7) is 1.75. The van der Waals surface area contributed by atoms with Crippen LogP contribution in [0.25, 0.3) is 11.3 Å². The second-order valence-corrected chi connectivity index (χ2v) is 5.51. The number of nitrogens with zero attached hydrogens (tertiary/aromatic N) is 1. The number of carboxylic acids is 1. The fourth-order valence-corrected chi connectivity index (χ4v) is 2.36. The normalized spacial score (nSPS) is 11.7. The van der Waals surface area contributed by atoms with Gasteiger partial charge in [-0.25, -0.2) is 9.78 Å². The summed E-state index contributed by atoms with van der Waals surface area (Å²) in [6.07, 6.45) is 1.61. The third-order valence-corrected chi connectivity index (χ3v) is 3.67. The quantitative estimate of drug-likeness (QED) is 0.743. The van der Waals surface area contributed by atoms with Crippen molar-refractivity contribution >= 4 is 11.9 Å². The standard InChI is InChI=1S/C19H16N2O4/c1-12(18-20-11-16(25-18)13-6-3-2-4-7-13)21-17(22)14-8-5-9-15(10-14)19(23)24/h2-12H,1H3,(H,21,22)(H,23,24)/t12-/m0/s1. The molecule has 0 aliphatic heterocycles. The average molecular weight is 336 g/mol.